The van der Waals surface area contributed by atoms with Gasteiger partial charge in [-0.2, -0.15) is 0 Å². The fourth-order valence-electron chi connectivity index (χ4n) is 0.986. The first-order valence-electron chi connectivity index (χ1n) is 3.42. The molecule has 1 heteroatoms. The van der Waals surface area contributed by atoms with Crippen LogP contribution in [0.1, 0.15) is 19.3 Å². The normalized spacial score (nSPS) is 17.3. The predicted molar refractivity (Wildman–Crippen MR) is 39.1 cm³/mol. The lowest BCUT2D eigenvalue weighted by atomic mass is 10.1. The Balaban J connectivity index is 2.66. The Morgan fingerprint density at radius 3 is 2.67 bits per heavy atom. The Hall–Kier alpha value is -0.680. The maximum atomic E-state index is 3.24. The lowest BCUT2D eigenvalue weighted by Crippen LogP contribution is -2.11. The number of nitrogens with zero attached hydrogens (tertiary/aromatic N) is 1. The first-order valence-corrected chi connectivity index (χ1v) is 3.42. The summed E-state index contributed by atoms with van der Waals surface area (Å²) in [7, 11) is 4.14. The molecule has 0 spiro atoms. The molecule has 1 nitrogen and oxygen atoms in total. The number of rotatable bonds is 1. The fraction of sp³-hybridized carbons (Fsp3) is 0.625. The standard InChI is InChI=1S/C8H13N/c1-9(2)8-6-4-3-5-7-8/h4H,3,5,7H2,1-2H3. The molecule has 9 heavy (non-hydrogen) atoms. The zero-order valence-electron chi connectivity index (χ0n) is 6.15. The van der Waals surface area contributed by atoms with Gasteiger partial charge in [-0.3, -0.25) is 0 Å². The smallest absolute Gasteiger partial charge is 0.0555 e. The molecule has 0 N–H and O–H groups in total. The molecule has 1 rings (SSSR count). The van der Waals surface area contributed by atoms with E-state index in [9.17, 15) is 0 Å². The van der Waals surface area contributed by atoms with Crippen molar-refractivity contribution in [1.82, 2.24) is 4.90 Å². The summed E-state index contributed by atoms with van der Waals surface area (Å²) in [4.78, 5) is 2.13. The van der Waals surface area contributed by atoms with Crippen molar-refractivity contribution in [3.8, 4) is 0 Å². The second-order valence-electron chi connectivity index (χ2n) is 2.58. The van der Waals surface area contributed by atoms with E-state index in [1.165, 1.54) is 25.0 Å². The van der Waals surface area contributed by atoms with Crippen LogP contribution in [0.5, 0.6) is 0 Å². The highest BCUT2D eigenvalue weighted by Gasteiger charge is 2.00. The van der Waals surface area contributed by atoms with Gasteiger partial charge in [-0.05, 0) is 25.3 Å². The molecule has 0 fully saturated rings. The summed E-state index contributed by atoms with van der Waals surface area (Å²) in [5.41, 5.74) is 4.57. The SMILES string of the molecule is CN(C)C1=C=CCCC1. The lowest BCUT2D eigenvalue weighted by Gasteiger charge is -2.15. The predicted octanol–water partition coefficient (Wildman–Crippen LogP) is 1.77. The van der Waals surface area contributed by atoms with Crippen molar-refractivity contribution in [2.45, 2.75) is 19.3 Å². The number of hydrogen-bond donors (Lipinski definition) is 0. The molecule has 0 saturated heterocycles. The lowest BCUT2D eigenvalue weighted by molar-refractivity contribution is 0.478. The second kappa shape index (κ2) is 2.75. The van der Waals surface area contributed by atoms with Crippen molar-refractivity contribution < 1.29 is 0 Å². The van der Waals surface area contributed by atoms with Crippen LogP contribution in [0.4, 0.5) is 0 Å². The van der Waals surface area contributed by atoms with E-state index >= 15 is 0 Å². The largest absolute Gasteiger partial charge is 0.375 e. The Labute approximate surface area is 56.7 Å². The summed E-state index contributed by atoms with van der Waals surface area (Å²) in [6, 6.07) is 0. The van der Waals surface area contributed by atoms with Gasteiger partial charge in [0.05, 0.1) is 5.70 Å². The van der Waals surface area contributed by atoms with Crippen LogP contribution in [0.2, 0.25) is 0 Å². The van der Waals surface area contributed by atoms with Crippen LogP contribution in [0.3, 0.4) is 0 Å². The first-order chi connectivity index (χ1) is 4.30. The van der Waals surface area contributed by atoms with E-state index in [0.717, 1.165) is 0 Å². The monoisotopic (exact) mass is 123 g/mol. The van der Waals surface area contributed by atoms with Crippen LogP contribution in [-0.2, 0) is 0 Å². The second-order valence-corrected chi connectivity index (χ2v) is 2.58. The third-order valence-electron chi connectivity index (χ3n) is 1.57. The molecule has 0 atom stereocenters. The maximum absolute atomic E-state index is 3.24. The fourth-order valence-corrected chi connectivity index (χ4v) is 0.986. The topological polar surface area (TPSA) is 3.24 Å². The van der Waals surface area contributed by atoms with Gasteiger partial charge in [-0.15, -0.1) is 5.73 Å². The van der Waals surface area contributed by atoms with Gasteiger partial charge in [-0.1, -0.05) is 0 Å². The number of hydrogen-bond acceptors (Lipinski definition) is 1. The molecular weight excluding hydrogens is 110 g/mol. The van der Waals surface area contributed by atoms with Crippen molar-refractivity contribution in [3.63, 3.8) is 0 Å². The summed E-state index contributed by atoms with van der Waals surface area (Å²) in [6.45, 7) is 0. The van der Waals surface area contributed by atoms with Crippen molar-refractivity contribution in [1.29, 1.82) is 0 Å². The molecule has 0 unspecified atom stereocenters. The van der Waals surface area contributed by atoms with Crippen molar-refractivity contribution >= 4 is 0 Å². The highest BCUT2D eigenvalue weighted by atomic mass is 15.1. The molecule has 0 saturated carbocycles. The molecule has 50 valence electrons. The van der Waals surface area contributed by atoms with Crippen LogP contribution in [0.25, 0.3) is 0 Å². The molecular formula is C8H13N. The van der Waals surface area contributed by atoms with Crippen molar-refractivity contribution in [2.75, 3.05) is 14.1 Å². The van der Waals surface area contributed by atoms with E-state index in [0.29, 0.717) is 0 Å². The highest BCUT2D eigenvalue weighted by Crippen LogP contribution is 2.12. The molecule has 1 aliphatic carbocycles. The van der Waals surface area contributed by atoms with Crippen molar-refractivity contribution in [2.24, 2.45) is 0 Å². The summed E-state index contributed by atoms with van der Waals surface area (Å²) < 4.78 is 0. The average molecular weight is 123 g/mol. The highest BCUT2D eigenvalue weighted by molar-refractivity contribution is 5.03. The van der Waals surface area contributed by atoms with Gasteiger partial charge < -0.3 is 4.90 Å². The Bertz CT molecular complexity index is 150. The zero-order chi connectivity index (χ0) is 6.69. The third kappa shape index (κ3) is 1.62. The van der Waals surface area contributed by atoms with E-state index in [1.807, 2.05) is 0 Å². The maximum Gasteiger partial charge on any atom is 0.0555 e. The minimum atomic E-state index is 1.20. The summed E-state index contributed by atoms with van der Waals surface area (Å²) in [5, 5.41) is 0. The third-order valence-corrected chi connectivity index (χ3v) is 1.57. The van der Waals surface area contributed by atoms with Crippen LogP contribution >= 0.6 is 0 Å². The van der Waals surface area contributed by atoms with Gasteiger partial charge >= 0.3 is 0 Å². The quantitative estimate of drug-likeness (QED) is 0.480. The summed E-state index contributed by atoms with van der Waals surface area (Å²) >= 11 is 0. The van der Waals surface area contributed by atoms with Crippen molar-refractivity contribution in [3.05, 3.63) is 17.5 Å². The van der Waals surface area contributed by atoms with Gasteiger partial charge in [0.15, 0.2) is 0 Å². The zero-order valence-corrected chi connectivity index (χ0v) is 6.15. The van der Waals surface area contributed by atoms with Crippen LogP contribution in [0.15, 0.2) is 17.5 Å². The van der Waals surface area contributed by atoms with E-state index in [-0.39, 0.29) is 0 Å². The Morgan fingerprint density at radius 1 is 1.56 bits per heavy atom. The van der Waals surface area contributed by atoms with E-state index in [2.05, 4.69) is 30.8 Å². The first kappa shape index (κ1) is 6.44. The molecule has 0 aromatic heterocycles. The molecule has 0 aromatic rings. The van der Waals surface area contributed by atoms with E-state index in [1.54, 1.807) is 0 Å². The van der Waals surface area contributed by atoms with E-state index in [4.69, 9.17) is 0 Å². The average Bonchev–Trinajstić information content (AvgIpc) is 1.90. The van der Waals surface area contributed by atoms with Crippen LogP contribution < -0.4 is 0 Å². The molecule has 0 bridgehead atoms. The van der Waals surface area contributed by atoms with Crippen LogP contribution in [-0.4, -0.2) is 19.0 Å². The Kier molecular flexibility index (Phi) is 1.96. The molecule has 1 aliphatic rings. The minimum Gasteiger partial charge on any atom is -0.375 e. The minimum absolute atomic E-state index is 1.20. The molecule has 0 aliphatic heterocycles. The summed E-state index contributed by atoms with van der Waals surface area (Å²) in [6.07, 6.45) is 5.82. The number of allylic oxidation sites excluding steroid dienone is 1. The van der Waals surface area contributed by atoms with Crippen LogP contribution in [0, 0.1) is 0 Å². The van der Waals surface area contributed by atoms with E-state index < -0.39 is 0 Å². The Morgan fingerprint density at radius 2 is 2.33 bits per heavy atom. The summed E-state index contributed by atoms with van der Waals surface area (Å²) in [5.74, 6) is 0. The molecule has 0 aromatic carbocycles. The van der Waals surface area contributed by atoms with Gasteiger partial charge in [0.25, 0.3) is 0 Å². The van der Waals surface area contributed by atoms with Gasteiger partial charge in [0.1, 0.15) is 0 Å². The van der Waals surface area contributed by atoms with Gasteiger partial charge in [-0.25, -0.2) is 0 Å². The molecule has 0 radical (unpaired) electrons. The van der Waals surface area contributed by atoms with Gasteiger partial charge in [0, 0.05) is 14.1 Å². The van der Waals surface area contributed by atoms with Gasteiger partial charge in [0.2, 0.25) is 0 Å². The molecule has 0 amide bonds. The molecule has 0 heterocycles.